The normalized spacial score (nSPS) is 14.0. The molecule has 2 rings (SSSR count). The number of nitrogens with zero attached hydrogens (tertiary/aromatic N) is 1. The van der Waals surface area contributed by atoms with Gasteiger partial charge in [0.2, 0.25) is 0 Å². The van der Waals surface area contributed by atoms with Gasteiger partial charge in [-0.15, -0.1) is 0 Å². The Morgan fingerprint density at radius 2 is 1.91 bits per heavy atom. The highest BCUT2D eigenvalue weighted by molar-refractivity contribution is 5.99. The summed E-state index contributed by atoms with van der Waals surface area (Å²) in [7, 11) is 1.44. The highest BCUT2D eigenvalue weighted by Gasteiger charge is 2.35. The Bertz CT molecular complexity index is 638. The number of likely N-dealkylation sites (N-methyl/N-ethyl adjacent to an activating group) is 1. The molecular formula is C16H21N3O4. The van der Waals surface area contributed by atoms with Crippen LogP contribution in [-0.4, -0.2) is 46.5 Å². The Balaban J connectivity index is 2.10. The van der Waals surface area contributed by atoms with Crippen molar-refractivity contribution in [1.82, 2.24) is 10.2 Å². The minimum atomic E-state index is -1.33. The number of carbonyl (C=O) groups is 3. The molecule has 7 heteroatoms. The zero-order valence-corrected chi connectivity index (χ0v) is 13.4. The lowest BCUT2D eigenvalue weighted by Crippen LogP contribution is -2.50. The minimum absolute atomic E-state index is 0.238. The number of rotatable bonds is 5. The number of nitrogens with one attached hydrogen (secondary N) is 2. The quantitative estimate of drug-likeness (QED) is 0.772. The van der Waals surface area contributed by atoms with Gasteiger partial charge in [0.25, 0.3) is 5.91 Å². The second kappa shape index (κ2) is 6.28. The van der Waals surface area contributed by atoms with Crippen LogP contribution in [0.15, 0.2) is 24.3 Å². The fourth-order valence-corrected chi connectivity index (χ4v) is 1.90. The summed E-state index contributed by atoms with van der Waals surface area (Å²) >= 11 is 0. The molecule has 0 bridgehead atoms. The van der Waals surface area contributed by atoms with E-state index < -0.39 is 17.4 Å². The number of urea groups is 1. The zero-order valence-electron chi connectivity index (χ0n) is 13.4. The van der Waals surface area contributed by atoms with Crippen molar-refractivity contribution in [2.24, 2.45) is 0 Å². The molecular weight excluding hydrogens is 298 g/mol. The third-order valence-corrected chi connectivity index (χ3v) is 3.95. The Morgan fingerprint density at radius 3 is 2.48 bits per heavy atom. The van der Waals surface area contributed by atoms with Crippen molar-refractivity contribution < 1.29 is 19.5 Å². The van der Waals surface area contributed by atoms with Gasteiger partial charge in [0.1, 0.15) is 5.54 Å². The number of carboxylic acid groups (broad SMARTS) is 1. The van der Waals surface area contributed by atoms with Crippen molar-refractivity contribution in [3.63, 3.8) is 0 Å². The van der Waals surface area contributed by atoms with Crippen molar-refractivity contribution in [1.29, 1.82) is 0 Å². The largest absolute Gasteiger partial charge is 0.480 e. The van der Waals surface area contributed by atoms with Crippen LogP contribution in [0.2, 0.25) is 0 Å². The monoisotopic (exact) mass is 319 g/mol. The van der Waals surface area contributed by atoms with Crippen LogP contribution in [0.25, 0.3) is 0 Å². The zero-order chi connectivity index (χ0) is 17.2. The van der Waals surface area contributed by atoms with E-state index in [2.05, 4.69) is 10.6 Å². The van der Waals surface area contributed by atoms with Crippen LogP contribution in [0.4, 0.5) is 10.5 Å². The Kier molecular flexibility index (Phi) is 4.58. The van der Waals surface area contributed by atoms with E-state index in [-0.39, 0.29) is 12.1 Å². The SMILES string of the molecule is CN(C(=O)c1cccc(NC(=O)NC2CC2)c1)C(C)(C)C(=O)O. The summed E-state index contributed by atoms with van der Waals surface area (Å²) in [5.74, 6) is -1.52. The molecule has 0 saturated heterocycles. The van der Waals surface area contributed by atoms with Gasteiger partial charge in [-0.25, -0.2) is 9.59 Å². The van der Waals surface area contributed by atoms with E-state index in [0.29, 0.717) is 11.3 Å². The smallest absolute Gasteiger partial charge is 0.329 e. The first-order valence-corrected chi connectivity index (χ1v) is 7.41. The third kappa shape index (κ3) is 4.00. The average Bonchev–Trinajstić information content (AvgIpc) is 3.29. The van der Waals surface area contributed by atoms with Crippen molar-refractivity contribution in [3.05, 3.63) is 29.8 Å². The molecule has 3 N–H and O–H groups in total. The van der Waals surface area contributed by atoms with Crippen molar-refractivity contribution in [2.75, 3.05) is 12.4 Å². The van der Waals surface area contributed by atoms with Crippen LogP contribution in [0.3, 0.4) is 0 Å². The summed E-state index contributed by atoms with van der Waals surface area (Å²) < 4.78 is 0. The number of hydrogen-bond donors (Lipinski definition) is 3. The number of aliphatic carboxylic acids is 1. The van der Waals surface area contributed by atoms with Gasteiger partial charge in [0.15, 0.2) is 0 Å². The predicted molar refractivity (Wildman–Crippen MR) is 85.4 cm³/mol. The topological polar surface area (TPSA) is 98.7 Å². The molecule has 1 aliphatic rings. The molecule has 124 valence electrons. The summed E-state index contributed by atoms with van der Waals surface area (Å²) in [4.78, 5) is 36.6. The van der Waals surface area contributed by atoms with Crippen molar-refractivity contribution in [2.45, 2.75) is 38.3 Å². The number of amides is 3. The number of anilines is 1. The van der Waals surface area contributed by atoms with E-state index in [9.17, 15) is 19.5 Å². The molecule has 0 unspecified atom stereocenters. The van der Waals surface area contributed by atoms with Gasteiger partial charge in [-0.2, -0.15) is 0 Å². The van der Waals surface area contributed by atoms with E-state index in [1.165, 1.54) is 31.9 Å². The standard InChI is InChI=1S/C16H21N3O4/c1-16(2,14(21)22)19(3)13(20)10-5-4-6-12(9-10)18-15(23)17-11-7-8-11/h4-6,9,11H,7-8H2,1-3H3,(H,21,22)(H2,17,18,23). The second-order valence-corrected chi connectivity index (χ2v) is 6.18. The number of benzene rings is 1. The van der Waals surface area contributed by atoms with Crippen LogP contribution >= 0.6 is 0 Å². The maximum absolute atomic E-state index is 12.5. The Hall–Kier alpha value is -2.57. The molecule has 1 fully saturated rings. The molecule has 1 aromatic carbocycles. The molecule has 0 heterocycles. The molecule has 1 saturated carbocycles. The molecule has 0 aromatic heterocycles. The van der Waals surface area contributed by atoms with E-state index in [0.717, 1.165) is 12.8 Å². The van der Waals surface area contributed by atoms with Crippen molar-refractivity contribution >= 4 is 23.6 Å². The second-order valence-electron chi connectivity index (χ2n) is 6.18. The molecule has 1 aliphatic carbocycles. The number of carbonyl (C=O) groups excluding carboxylic acids is 2. The lowest BCUT2D eigenvalue weighted by Gasteiger charge is -2.31. The van der Waals surface area contributed by atoms with Gasteiger partial charge in [-0.3, -0.25) is 4.79 Å². The lowest BCUT2D eigenvalue weighted by molar-refractivity contribution is -0.147. The lowest BCUT2D eigenvalue weighted by atomic mass is 10.0. The van der Waals surface area contributed by atoms with Crippen LogP contribution in [0.1, 0.15) is 37.0 Å². The summed E-state index contributed by atoms with van der Waals surface area (Å²) in [5, 5.41) is 14.7. The molecule has 0 spiro atoms. The summed E-state index contributed by atoms with van der Waals surface area (Å²) in [6, 6.07) is 6.36. The first kappa shape index (κ1) is 16.8. The maximum atomic E-state index is 12.5. The van der Waals surface area contributed by atoms with E-state index in [1.807, 2.05) is 0 Å². The maximum Gasteiger partial charge on any atom is 0.329 e. The highest BCUT2D eigenvalue weighted by Crippen LogP contribution is 2.20. The molecule has 0 aliphatic heterocycles. The molecule has 3 amide bonds. The first-order chi connectivity index (χ1) is 10.7. The van der Waals surface area contributed by atoms with E-state index >= 15 is 0 Å². The Morgan fingerprint density at radius 1 is 1.26 bits per heavy atom. The Labute approximate surface area is 134 Å². The van der Waals surface area contributed by atoms with Gasteiger partial charge >= 0.3 is 12.0 Å². The van der Waals surface area contributed by atoms with Crippen molar-refractivity contribution in [3.8, 4) is 0 Å². The van der Waals surface area contributed by atoms with Crippen LogP contribution in [-0.2, 0) is 4.79 Å². The summed E-state index contributed by atoms with van der Waals surface area (Å²) in [6.07, 6.45) is 1.97. The molecule has 0 radical (unpaired) electrons. The van der Waals surface area contributed by atoms with Gasteiger partial charge in [-0.05, 0) is 44.9 Å². The van der Waals surface area contributed by atoms with Crippen LogP contribution < -0.4 is 10.6 Å². The highest BCUT2D eigenvalue weighted by atomic mass is 16.4. The van der Waals surface area contributed by atoms with Gasteiger partial charge in [0.05, 0.1) is 0 Å². The third-order valence-electron chi connectivity index (χ3n) is 3.95. The average molecular weight is 319 g/mol. The fourth-order valence-electron chi connectivity index (χ4n) is 1.90. The fraction of sp³-hybridized carbons (Fsp3) is 0.438. The molecule has 1 aromatic rings. The van der Waals surface area contributed by atoms with Crippen LogP contribution in [0, 0.1) is 0 Å². The van der Waals surface area contributed by atoms with Gasteiger partial charge < -0.3 is 20.6 Å². The van der Waals surface area contributed by atoms with Crippen LogP contribution in [0.5, 0.6) is 0 Å². The minimum Gasteiger partial charge on any atom is -0.480 e. The van der Waals surface area contributed by atoms with E-state index in [4.69, 9.17) is 0 Å². The van der Waals surface area contributed by atoms with Gasteiger partial charge in [0, 0.05) is 24.3 Å². The predicted octanol–water partition coefficient (Wildman–Crippen LogP) is 1.91. The molecule has 0 atom stereocenters. The summed E-state index contributed by atoms with van der Waals surface area (Å²) in [5.41, 5.74) is -0.536. The molecule has 7 nitrogen and oxygen atoms in total. The van der Waals surface area contributed by atoms with E-state index in [1.54, 1.807) is 18.2 Å². The molecule has 23 heavy (non-hydrogen) atoms. The number of hydrogen-bond acceptors (Lipinski definition) is 3. The first-order valence-electron chi connectivity index (χ1n) is 7.41. The van der Waals surface area contributed by atoms with Gasteiger partial charge in [-0.1, -0.05) is 6.07 Å². The number of carboxylic acids is 1. The summed E-state index contributed by atoms with van der Waals surface area (Å²) in [6.45, 7) is 2.91.